The smallest absolute Gasteiger partial charge is 0.0406 e. The van der Waals surface area contributed by atoms with Crippen LogP contribution < -0.4 is 5.32 Å². The largest absolute Gasteiger partial charge is 0.310 e. The van der Waals surface area contributed by atoms with E-state index in [9.17, 15) is 0 Å². The number of hydrogen-bond donors (Lipinski definition) is 1. The predicted molar refractivity (Wildman–Crippen MR) is 82.0 cm³/mol. The molecule has 1 saturated heterocycles. The van der Waals surface area contributed by atoms with E-state index >= 15 is 0 Å². The Balaban J connectivity index is 1.85. The van der Waals surface area contributed by atoms with Gasteiger partial charge in [-0.25, -0.2) is 0 Å². The second-order valence-electron chi connectivity index (χ2n) is 4.74. The predicted octanol–water partition coefficient (Wildman–Crippen LogP) is 4.92. The summed E-state index contributed by atoms with van der Waals surface area (Å²) in [6.07, 6.45) is 2.50. The summed E-state index contributed by atoms with van der Waals surface area (Å²) in [5.74, 6) is 0. The van der Waals surface area contributed by atoms with Gasteiger partial charge in [-0.2, -0.15) is 0 Å². The van der Waals surface area contributed by atoms with Crippen LogP contribution in [0, 0.1) is 0 Å². The van der Waals surface area contributed by atoms with Crippen molar-refractivity contribution in [3.05, 3.63) is 59.1 Å². The van der Waals surface area contributed by atoms with Gasteiger partial charge in [-0.3, -0.25) is 0 Å². The number of rotatable bonds is 3. The zero-order valence-corrected chi connectivity index (χ0v) is 12.2. The van der Waals surface area contributed by atoms with Gasteiger partial charge in [0.25, 0.3) is 0 Å². The van der Waals surface area contributed by atoms with Gasteiger partial charge in [-0.05, 0) is 55.3 Å². The van der Waals surface area contributed by atoms with Crippen LogP contribution in [0.3, 0.4) is 0 Å². The first kappa shape index (κ1) is 13.0. The molecule has 0 unspecified atom stereocenters. The highest BCUT2D eigenvalue weighted by atomic mass is 35.5. The highest BCUT2D eigenvalue weighted by Gasteiger charge is 2.19. The van der Waals surface area contributed by atoms with Crippen molar-refractivity contribution in [2.75, 3.05) is 6.54 Å². The zero-order valence-electron chi connectivity index (χ0n) is 10.6. The van der Waals surface area contributed by atoms with Crippen molar-refractivity contribution in [1.82, 2.24) is 5.32 Å². The molecule has 0 saturated carbocycles. The highest BCUT2D eigenvalue weighted by molar-refractivity contribution is 7.99. The number of nitrogens with one attached hydrogen (secondary N) is 1. The van der Waals surface area contributed by atoms with Crippen molar-refractivity contribution < 1.29 is 0 Å². The van der Waals surface area contributed by atoms with Gasteiger partial charge < -0.3 is 5.32 Å². The number of benzene rings is 2. The van der Waals surface area contributed by atoms with Crippen molar-refractivity contribution in [2.45, 2.75) is 28.7 Å². The van der Waals surface area contributed by atoms with Crippen LogP contribution in [0.4, 0.5) is 0 Å². The lowest BCUT2D eigenvalue weighted by Gasteiger charge is -2.15. The molecular formula is C16H16ClNS. The summed E-state index contributed by atoms with van der Waals surface area (Å²) in [7, 11) is 0. The van der Waals surface area contributed by atoms with Gasteiger partial charge in [-0.1, -0.05) is 41.6 Å². The van der Waals surface area contributed by atoms with E-state index in [2.05, 4.69) is 41.7 Å². The van der Waals surface area contributed by atoms with Gasteiger partial charge in [0, 0.05) is 20.9 Å². The minimum absolute atomic E-state index is 0.510. The molecule has 19 heavy (non-hydrogen) atoms. The van der Waals surface area contributed by atoms with Crippen LogP contribution in [-0.4, -0.2) is 6.54 Å². The number of halogens is 1. The molecule has 1 N–H and O–H groups in total. The molecule has 2 aromatic rings. The molecule has 1 atom stereocenters. The Morgan fingerprint density at radius 1 is 1.05 bits per heavy atom. The summed E-state index contributed by atoms with van der Waals surface area (Å²) in [5.41, 5.74) is 1.42. The molecule has 0 aliphatic carbocycles. The molecule has 1 fully saturated rings. The summed E-state index contributed by atoms with van der Waals surface area (Å²) in [4.78, 5) is 2.57. The lowest BCUT2D eigenvalue weighted by Crippen LogP contribution is -2.13. The van der Waals surface area contributed by atoms with Gasteiger partial charge in [0.2, 0.25) is 0 Å². The average Bonchev–Trinajstić information content (AvgIpc) is 2.96. The Bertz CT molecular complexity index is 547. The van der Waals surface area contributed by atoms with Crippen LogP contribution in [0.15, 0.2) is 58.3 Å². The Hall–Kier alpha value is -0.960. The van der Waals surface area contributed by atoms with Crippen molar-refractivity contribution in [2.24, 2.45) is 0 Å². The first-order chi connectivity index (χ1) is 9.33. The molecule has 1 nitrogen and oxygen atoms in total. The van der Waals surface area contributed by atoms with Crippen LogP contribution in [0.25, 0.3) is 0 Å². The van der Waals surface area contributed by atoms with Crippen LogP contribution >= 0.6 is 23.4 Å². The molecule has 0 spiro atoms. The SMILES string of the molecule is Clc1ccc(Sc2ccccc2[C@H]2CCCN2)cc1. The van der Waals surface area contributed by atoms with Crippen molar-refractivity contribution in [1.29, 1.82) is 0 Å². The summed E-state index contributed by atoms with van der Waals surface area (Å²) < 4.78 is 0. The van der Waals surface area contributed by atoms with Gasteiger partial charge >= 0.3 is 0 Å². The standard InChI is InChI=1S/C16H16ClNS/c17-12-7-9-13(10-8-12)19-16-6-2-1-4-14(16)15-5-3-11-18-15/h1-2,4,6-10,15,18H,3,5,11H2/t15-/m1/s1. The monoisotopic (exact) mass is 289 g/mol. The van der Waals surface area contributed by atoms with Gasteiger partial charge in [-0.15, -0.1) is 0 Å². The fraction of sp³-hybridized carbons (Fsp3) is 0.250. The lowest BCUT2D eigenvalue weighted by atomic mass is 10.1. The maximum atomic E-state index is 5.93. The topological polar surface area (TPSA) is 12.0 Å². The quantitative estimate of drug-likeness (QED) is 0.861. The normalized spacial score (nSPS) is 18.7. The van der Waals surface area contributed by atoms with E-state index < -0.39 is 0 Å². The molecule has 3 rings (SSSR count). The van der Waals surface area contributed by atoms with Crippen molar-refractivity contribution in [3.8, 4) is 0 Å². The van der Waals surface area contributed by atoms with E-state index in [1.165, 1.54) is 28.2 Å². The van der Waals surface area contributed by atoms with Crippen LogP contribution in [-0.2, 0) is 0 Å². The molecule has 0 amide bonds. The number of hydrogen-bond acceptors (Lipinski definition) is 2. The average molecular weight is 290 g/mol. The molecule has 2 aromatic carbocycles. The van der Waals surface area contributed by atoms with E-state index in [0.29, 0.717) is 6.04 Å². The van der Waals surface area contributed by atoms with E-state index in [4.69, 9.17) is 11.6 Å². The van der Waals surface area contributed by atoms with Crippen molar-refractivity contribution >= 4 is 23.4 Å². The second-order valence-corrected chi connectivity index (χ2v) is 6.29. The zero-order chi connectivity index (χ0) is 13.1. The summed E-state index contributed by atoms with van der Waals surface area (Å²) >= 11 is 7.74. The molecule has 0 radical (unpaired) electrons. The van der Waals surface area contributed by atoms with E-state index in [1.807, 2.05) is 23.9 Å². The van der Waals surface area contributed by atoms with E-state index in [1.54, 1.807) is 0 Å². The van der Waals surface area contributed by atoms with Crippen molar-refractivity contribution in [3.63, 3.8) is 0 Å². The first-order valence-electron chi connectivity index (χ1n) is 6.59. The molecule has 1 aliphatic rings. The summed E-state index contributed by atoms with van der Waals surface area (Å²) in [6.45, 7) is 1.13. The molecule has 3 heteroatoms. The van der Waals surface area contributed by atoms with Gasteiger partial charge in [0.05, 0.1) is 0 Å². The van der Waals surface area contributed by atoms with E-state index in [-0.39, 0.29) is 0 Å². The first-order valence-corrected chi connectivity index (χ1v) is 7.78. The van der Waals surface area contributed by atoms with E-state index in [0.717, 1.165) is 11.6 Å². The Morgan fingerprint density at radius 3 is 2.58 bits per heavy atom. The molecule has 1 aliphatic heterocycles. The molecule has 98 valence electrons. The Morgan fingerprint density at radius 2 is 1.84 bits per heavy atom. The molecule has 0 bridgehead atoms. The minimum atomic E-state index is 0.510. The van der Waals surface area contributed by atoms with Crippen LogP contribution in [0.2, 0.25) is 5.02 Å². The summed E-state index contributed by atoms with van der Waals surface area (Å²) in [5, 5.41) is 4.36. The lowest BCUT2D eigenvalue weighted by molar-refractivity contribution is 0.636. The van der Waals surface area contributed by atoms with Crippen LogP contribution in [0.1, 0.15) is 24.4 Å². The Labute approximate surface area is 123 Å². The third kappa shape index (κ3) is 3.14. The highest BCUT2D eigenvalue weighted by Crippen LogP contribution is 2.36. The minimum Gasteiger partial charge on any atom is -0.310 e. The Kier molecular flexibility index (Phi) is 4.12. The summed E-state index contributed by atoms with van der Waals surface area (Å²) in [6, 6.07) is 17.2. The molecule has 0 aromatic heterocycles. The van der Waals surface area contributed by atoms with Gasteiger partial charge in [0.15, 0.2) is 0 Å². The third-order valence-electron chi connectivity index (χ3n) is 3.40. The maximum Gasteiger partial charge on any atom is 0.0406 e. The maximum absolute atomic E-state index is 5.93. The molecular weight excluding hydrogens is 274 g/mol. The molecule has 1 heterocycles. The van der Waals surface area contributed by atoms with Crippen LogP contribution in [0.5, 0.6) is 0 Å². The fourth-order valence-electron chi connectivity index (χ4n) is 2.44. The second kappa shape index (κ2) is 6.00. The fourth-order valence-corrected chi connectivity index (χ4v) is 3.57. The van der Waals surface area contributed by atoms with Gasteiger partial charge in [0.1, 0.15) is 0 Å². The third-order valence-corrected chi connectivity index (χ3v) is 4.75.